The number of carbonyl (C=O) groups is 1. The second-order valence-electron chi connectivity index (χ2n) is 7.31. The molecule has 4 rings (SSSR count). The second-order valence-corrected chi connectivity index (χ2v) is 10.00. The molecule has 3 aromatic rings. The van der Waals surface area contributed by atoms with Crippen molar-refractivity contribution in [3.05, 3.63) is 99.5 Å². The van der Waals surface area contributed by atoms with E-state index in [1.54, 1.807) is 29.2 Å². The molecule has 0 aromatic heterocycles. The molecule has 0 spiro atoms. The molecule has 1 aliphatic heterocycles. The predicted octanol–water partition coefficient (Wildman–Crippen LogP) is 6.28. The standard InChI is InChI=1S/C24H18BrF2NO2S2/c25-20-11-17(5-10-21(20)30-14-16-3-8-19(27)9-4-16)12-22-23(29)28(24(31)32-22)13-15-1-6-18(26)7-2-15/h1-11,22H,12-14H2/t22-/m1/s1. The minimum atomic E-state index is -0.313. The lowest BCUT2D eigenvalue weighted by Gasteiger charge is -2.16. The van der Waals surface area contributed by atoms with Crippen LogP contribution in [0.15, 0.2) is 71.2 Å². The van der Waals surface area contributed by atoms with Gasteiger partial charge in [-0.2, -0.15) is 0 Å². The Hall–Kier alpha value is -2.29. The normalized spacial score (nSPS) is 16.0. The highest BCUT2D eigenvalue weighted by Crippen LogP contribution is 2.33. The van der Waals surface area contributed by atoms with E-state index in [9.17, 15) is 13.6 Å². The van der Waals surface area contributed by atoms with Gasteiger partial charge in [0.15, 0.2) is 0 Å². The van der Waals surface area contributed by atoms with E-state index in [1.165, 1.54) is 36.0 Å². The predicted molar refractivity (Wildman–Crippen MR) is 130 cm³/mol. The summed E-state index contributed by atoms with van der Waals surface area (Å²) in [5, 5.41) is -0.305. The van der Waals surface area contributed by atoms with Crippen LogP contribution >= 0.6 is 39.9 Å². The van der Waals surface area contributed by atoms with Gasteiger partial charge < -0.3 is 4.74 Å². The second kappa shape index (κ2) is 10.1. The molecule has 3 aromatic carbocycles. The quantitative estimate of drug-likeness (QED) is 0.334. The Morgan fingerprint density at radius 2 is 1.53 bits per heavy atom. The lowest BCUT2D eigenvalue weighted by Crippen LogP contribution is -2.31. The lowest BCUT2D eigenvalue weighted by atomic mass is 10.1. The van der Waals surface area contributed by atoms with Crippen molar-refractivity contribution in [1.29, 1.82) is 0 Å². The van der Waals surface area contributed by atoms with Gasteiger partial charge in [-0.25, -0.2) is 8.78 Å². The first-order chi connectivity index (χ1) is 15.4. The van der Waals surface area contributed by atoms with Crippen LogP contribution in [0.3, 0.4) is 0 Å². The lowest BCUT2D eigenvalue weighted by molar-refractivity contribution is -0.126. The first-order valence-electron chi connectivity index (χ1n) is 9.81. The summed E-state index contributed by atoms with van der Waals surface area (Å²) in [6, 6.07) is 17.9. The summed E-state index contributed by atoms with van der Waals surface area (Å²) >= 11 is 10.3. The van der Waals surface area contributed by atoms with Crippen LogP contribution in [0.4, 0.5) is 8.78 Å². The number of hydrogen-bond acceptors (Lipinski definition) is 4. The molecule has 8 heteroatoms. The molecule has 0 aliphatic carbocycles. The Bertz CT molecular complexity index is 1140. The Balaban J connectivity index is 1.37. The fourth-order valence-electron chi connectivity index (χ4n) is 3.29. The largest absolute Gasteiger partial charge is 0.488 e. The molecule has 1 aliphatic rings. The Kier molecular flexibility index (Phi) is 7.23. The molecule has 0 N–H and O–H groups in total. The molecule has 1 atom stereocenters. The van der Waals surface area contributed by atoms with Crippen molar-refractivity contribution in [3.8, 4) is 5.75 Å². The van der Waals surface area contributed by atoms with Crippen molar-refractivity contribution in [2.45, 2.75) is 24.8 Å². The average Bonchev–Trinajstić information content (AvgIpc) is 3.03. The van der Waals surface area contributed by atoms with Gasteiger partial charge in [0.1, 0.15) is 28.3 Å². The van der Waals surface area contributed by atoms with Gasteiger partial charge in [-0.15, -0.1) is 0 Å². The van der Waals surface area contributed by atoms with E-state index in [2.05, 4.69) is 15.9 Å². The first-order valence-corrected chi connectivity index (χ1v) is 11.9. The van der Waals surface area contributed by atoms with Crippen LogP contribution in [-0.2, 0) is 24.4 Å². The van der Waals surface area contributed by atoms with E-state index in [-0.39, 0.29) is 22.8 Å². The fourth-order valence-corrected chi connectivity index (χ4v) is 5.36. The minimum Gasteiger partial charge on any atom is -0.488 e. The number of hydrogen-bond donors (Lipinski definition) is 0. The molecule has 1 fully saturated rings. The van der Waals surface area contributed by atoms with Crippen LogP contribution in [0, 0.1) is 11.6 Å². The number of benzene rings is 3. The highest BCUT2D eigenvalue weighted by molar-refractivity contribution is 9.10. The van der Waals surface area contributed by atoms with E-state index in [0.717, 1.165) is 21.2 Å². The number of halogens is 3. The number of ether oxygens (including phenoxy) is 1. The van der Waals surface area contributed by atoms with E-state index >= 15 is 0 Å². The van der Waals surface area contributed by atoms with Gasteiger partial charge in [-0.1, -0.05) is 54.3 Å². The smallest absolute Gasteiger partial charge is 0.242 e. The van der Waals surface area contributed by atoms with Crippen LogP contribution in [0.2, 0.25) is 0 Å². The zero-order chi connectivity index (χ0) is 22.7. The van der Waals surface area contributed by atoms with Crippen molar-refractivity contribution in [3.63, 3.8) is 0 Å². The molecule has 1 saturated heterocycles. The molecular formula is C24H18BrF2NO2S2. The van der Waals surface area contributed by atoms with Crippen LogP contribution < -0.4 is 4.74 Å². The van der Waals surface area contributed by atoms with Crippen LogP contribution in [0.25, 0.3) is 0 Å². The summed E-state index contributed by atoms with van der Waals surface area (Å²) in [7, 11) is 0. The Morgan fingerprint density at radius 1 is 0.938 bits per heavy atom. The zero-order valence-corrected chi connectivity index (χ0v) is 20.0. The van der Waals surface area contributed by atoms with E-state index in [0.29, 0.717) is 29.6 Å². The number of nitrogens with zero attached hydrogens (tertiary/aromatic N) is 1. The monoisotopic (exact) mass is 533 g/mol. The minimum absolute atomic E-state index is 0.0444. The molecular weight excluding hydrogens is 516 g/mol. The van der Waals surface area contributed by atoms with Crippen LogP contribution in [0.1, 0.15) is 16.7 Å². The fraction of sp³-hybridized carbons (Fsp3) is 0.167. The van der Waals surface area contributed by atoms with Crippen LogP contribution in [-0.4, -0.2) is 20.4 Å². The Morgan fingerprint density at radius 3 is 2.16 bits per heavy atom. The highest BCUT2D eigenvalue weighted by Gasteiger charge is 2.36. The highest BCUT2D eigenvalue weighted by atomic mass is 79.9. The number of thioether (sulfide) groups is 1. The van der Waals surface area contributed by atoms with Crippen LogP contribution in [0.5, 0.6) is 5.75 Å². The summed E-state index contributed by atoms with van der Waals surface area (Å²) in [5.74, 6) is 0.0235. The van der Waals surface area contributed by atoms with Gasteiger partial charge in [0, 0.05) is 0 Å². The van der Waals surface area contributed by atoms with Gasteiger partial charge in [0.2, 0.25) is 5.91 Å². The molecule has 3 nitrogen and oxygen atoms in total. The third-order valence-electron chi connectivity index (χ3n) is 4.98. The summed E-state index contributed by atoms with van der Waals surface area (Å²) in [5.41, 5.74) is 2.67. The number of amides is 1. The molecule has 164 valence electrons. The SMILES string of the molecule is O=C1[C@@H](Cc2ccc(OCc3ccc(F)cc3)c(Br)c2)SC(=S)N1Cc1ccc(F)cc1. The third kappa shape index (κ3) is 5.54. The summed E-state index contributed by atoms with van der Waals surface area (Å²) < 4.78 is 33.3. The number of thiocarbonyl (C=S) groups is 1. The average molecular weight is 534 g/mol. The van der Waals surface area contributed by atoms with E-state index in [1.807, 2.05) is 18.2 Å². The van der Waals surface area contributed by atoms with Crippen molar-refractivity contribution < 1.29 is 18.3 Å². The maximum Gasteiger partial charge on any atom is 0.242 e. The van der Waals surface area contributed by atoms with Gasteiger partial charge in [-0.05, 0) is 75.4 Å². The summed E-state index contributed by atoms with van der Waals surface area (Å²) in [6.07, 6.45) is 0.528. The molecule has 0 saturated carbocycles. The van der Waals surface area contributed by atoms with Gasteiger partial charge in [0.05, 0.1) is 16.3 Å². The third-order valence-corrected chi connectivity index (χ3v) is 7.19. The number of rotatable bonds is 7. The molecule has 32 heavy (non-hydrogen) atoms. The molecule has 1 amide bonds. The maximum atomic E-state index is 13.1. The molecule has 0 radical (unpaired) electrons. The summed E-state index contributed by atoms with van der Waals surface area (Å²) in [6.45, 7) is 0.656. The first kappa shape index (κ1) is 22.9. The molecule has 1 heterocycles. The number of carbonyl (C=O) groups excluding carboxylic acids is 1. The van der Waals surface area contributed by atoms with E-state index < -0.39 is 0 Å². The van der Waals surface area contributed by atoms with Crippen molar-refractivity contribution in [1.82, 2.24) is 4.90 Å². The van der Waals surface area contributed by atoms with Gasteiger partial charge >= 0.3 is 0 Å². The van der Waals surface area contributed by atoms with Crippen molar-refractivity contribution in [2.75, 3.05) is 0 Å². The van der Waals surface area contributed by atoms with Gasteiger partial charge in [-0.3, -0.25) is 9.69 Å². The molecule has 0 unspecified atom stereocenters. The van der Waals surface area contributed by atoms with Crippen molar-refractivity contribution >= 4 is 50.1 Å². The van der Waals surface area contributed by atoms with Gasteiger partial charge in [0.25, 0.3) is 0 Å². The van der Waals surface area contributed by atoms with Crippen molar-refractivity contribution in [2.24, 2.45) is 0 Å². The Labute approximate surface area is 202 Å². The zero-order valence-electron chi connectivity index (χ0n) is 16.8. The van der Waals surface area contributed by atoms with E-state index in [4.69, 9.17) is 17.0 Å². The summed E-state index contributed by atoms with van der Waals surface area (Å²) in [4.78, 5) is 14.5. The maximum absolute atomic E-state index is 13.1. The topological polar surface area (TPSA) is 29.5 Å². The molecule has 0 bridgehead atoms.